The average molecular weight is 398 g/mol. The van der Waals surface area contributed by atoms with Crippen molar-refractivity contribution in [3.05, 3.63) is 74.3 Å². The zero-order valence-electron chi connectivity index (χ0n) is 13.5. The third-order valence-electron chi connectivity index (χ3n) is 3.51. The summed E-state index contributed by atoms with van der Waals surface area (Å²) in [6.45, 7) is -1.91. The van der Waals surface area contributed by atoms with Crippen molar-refractivity contribution in [2.75, 3.05) is 6.54 Å². The quantitative estimate of drug-likeness (QED) is 0.555. The topological polar surface area (TPSA) is 87.2 Å². The Hall–Kier alpha value is -3.12. The van der Waals surface area contributed by atoms with Gasteiger partial charge in [0.2, 0.25) is 0 Å². The summed E-state index contributed by atoms with van der Waals surface area (Å²) in [5, 5.41) is 19.2. The Bertz CT molecular complexity index is 908. The van der Waals surface area contributed by atoms with Gasteiger partial charge in [0.25, 0.3) is 11.6 Å². The van der Waals surface area contributed by atoms with Crippen LogP contribution >= 0.6 is 11.6 Å². The zero-order valence-corrected chi connectivity index (χ0v) is 14.3. The predicted octanol–water partition coefficient (Wildman–Crippen LogP) is 4.32. The number of alkyl halides is 3. The lowest BCUT2D eigenvalue weighted by Crippen LogP contribution is -2.38. The number of hydrogen-bond acceptors (Lipinski definition) is 4. The van der Waals surface area contributed by atoms with Crippen LogP contribution in [0.4, 0.5) is 18.9 Å². The Morgan fingerprint density at radius 1 is 1.22 bits per heavy atom. The first-order valence-corrected chi connectivity index (χ1v) is 7.77. The summed E-state index contributed by atoms with van der Waals surface area (Å²) in [4.78, 5) is 23.1. The molecule has 0 aromatic heterocycles. The lowest BCUT2D eigenvalue weighted by Gasteiger charge is -2.24. The number of hydrogen-bond donors (Lipinski definition) is 0. The second-order valence-electron chi connectivity index (χ2n) is 5.51. The van der Waals surface area contributed by atoms with Crippen molar-refractivity contribution in [2.24, 2.45) is 0 Å². The predicted molar refractivity (Wildman–Crippen MR) is 90.1 cm³/mol. The van der Waals surface area contributed by atoms with Gasteiger partial charge >= 0.3 is 6.18 Å². The number of non-ortho nitro benzene ring substituents is 1. The molecule has 0 radical (unpaired) electrons. The molecule has 0 bridgehead atoms. The van der Waals surface area contributed by atoms with Gasteiger partial charge in [-0.1, -0.05) is 23.7 Å². The molecule has 1 amide bonds. The van der Waals surface area contributed by atoms with Gasteiger partial charge in [-0.05, 0) is 23.8 Å². The van der Waals surface area contributed by atoms with Crippen LogP contribution in [-0.4, -0.2) is 28.5 Å². The number of nitriles is 1. The van der Waals surface area contributed by atoms with E-state index in [-0.39, 0.29) is 22.8 Å². The molecule has 0 spiro atoms. The third-order valence-corrected chi connectivity index (χ3v) is 3.82. The first-order valence-electron chi connectivity index (χ1n) is 7.39. The van der Waals surface area contributed by atoms with Crippen molar-refractivity contribution < 1.29 is 22.9 Å². The molecule has 10 heteroatoms. The first-order chi connectivity index (χ1) is 12.6. The van der Waals surface area contributed by atoms with Crippen LogP contribution in [0.5, 0.6) is 0 Å². The second-order valence-corrected chi connectivity index (χ2v) is 5.91. The molecule has 0 fully saturated rings. The van der Waals surface area contributed by atoms with E-state index >= 15 is 0 Å². The van der Waals surface area contributed by atoms with E-state index in [1.54, 1.807) is 0 Å². The number of amides is 1. The lowest BCUT2D eigenvalue weighted by molar-refractivity contribution is -0.384. The number of rotatable bonds is 5. The van der Waals surface area contributed by atoms with E-state index in [9.17, 15) is 28.1 Å². The van der Waals surface area contributed by atoms with Crippen molar-refractivity contribution >= 4 is 23.2 Å². The SMILES string of the molecule is N#Cc1ccc(CN(CC(F)(F)F)C(=O)c2ccc([N+](=O)[O-])cc2Cl)cc1. The summed E-state index contributed by atoms with van der Waals surface area (Å²) >= 11 is 5.86. The van der Waals surface area contributed by atoms with E-state index in [1.165, 1.54) is 24.3 Å². The molecule has 0 atom stereocenters. The smallest absolute Gasteiger partial charge is 0.325 e. The molecule has 0 aliphatic rings. The summed E-state index contributed by atoms with van der Waals surface area (Å²) in [6.07, 6.45) is -4.66. The maximum absolute atomic E-state index is 12.9. The summed E-state index contributed by atoms with van der Waals surface area (Å²) in [7, 11) is 0. The van der Waals surface area contributed by atoms with Gasteiger partial charge < -0.3 is 4.90 Å². The number of nitrogens with zero attached hydrogens (tertiary/aromatic N) is 3. The van der Waals surface area contributed by atoms with Gasteiger partial charge in [-0.25, -0.2) is 0 Å². The molecule has 2 rings (SSSR count). The fourth-order valence-electron chi connectivity index (χ4n) is 2.28. The Balaban J connectivity index is 2.33. The molecule has 6 nitrogen and oxygen atoms in total. The van der Waals surface area contributed by atoms with Crippen LogP contribution in [0.1, 0.15) is 21.5 Å². The number of benzene rings is 2. The molecular formula is C17H11ClF3N3O3. The molecule has 0 aliphatic carbocycles. The van der Waals surface area contributed by atoms with Gasteiger partial charge in [0, 0.05) is 18.7 Å². The lowest BCUT2D eigenvalue weighted by atomic mass is 10.1. The van der Waals surface area contributed by atoms with E-state index < -0.39 is 23.6 Å². The molecule has 140 valence electrons. The molecule has 0 saturated carbocycles. The summed E-state index contributed by atoms with van der Waals surface area (Å²) < 4.78 is 38.7. The average Bonchev–Trinajstić information content (AvgIpc) is 2.60. The maximum Gasteiger partial charge on any atom is 0.406 e. The van der Waals surface area contributed by atoms with E-state index in [0.717, 1.165) is 18.2 Å². The monoisotopic (exact) mass is 397 g/mol. The number of nitro groups is 1. The normalized spacial score (nSPS) is 10.9. The van der Waals surface area contributed by atoms with Crippen LogP contribution in [0, 0.1) is 21.4 Å². The molecule has 27 heavy (non-hydrogen) atoms. The standard InChI is InChI=1S/C17H11ClF3N3O3/c18-15-7-13(24(26)27)5-6-14(15)16(25)23(10-17(19,20)21)9-12-3-1-11(8-22)2-4-12/h1-7H,9-10H2. The Morgan fingerprint density at radius 3 is 2.33 bits per heavy atom. The zero-order chi connectivity index (χ0) is 20.2. The number of nitro benzene ring substituents is 1. The fraction of sp³-hybridized carbons (Fsp3) is 0.176. The Morgan fingerprint density at radius 2 is 1.85 bits per heavy atom. The van der Waals surface area contributed by atoms with Crippen LogP contribution in [-0.2, 0) is 6.54 Å². The van der Waals surface area contributed by atoms with Gasteiger partial charge in [-0.2, -0.15) is 18.4 Å². The van der Waals surface area contributed by atoms with Crippen LogP contribution < -0.4 is 0 Å². The Labute approximate surface area is 156 Å². The molecule has 0 saturated heterocycles. The minimum absolute atomic E-state index is 0.278. The van der Waals surface area contributed by atoms with E-state index in [0.29, 0.717) is 16.0 Å². The number of carbonyl (C=O) groups excluding carboxylic acids is 1. The second kappa shape index (κ2) is 8.05. The van der Waals surface area contributed by atoms with Crippen molar-refractivity contribution in [3.63, 3.8) is 0 Å². The minimum Gasteiger partial charge on any atom is -0.325 e. The molecule has 0 N–H and O–H groups in total. The molecule has 0 heterocycles. The molecule has 0 unspecified atom stereocenters. The van der Waals surface area contributed by atoms with Crippen molar-refractivity contribution in [3.8, 4) is 6.07 Å². The maximum atomic E-state index is 12.9. The van der Waals surface area contributed by atoms with Crippen LogP contribution in [0.2, 0.25) is 5.02 Å². The highest BCUT2D eigenvalue weighted by Crippen LogP contribution is 2.26. The molecular weight excluding hydrogens is 387 g/mol. The van der Waals surface area contributed by atoms with Gasteiger partial charge in [0.15, 0.2) is 0 Å². The summed E-state index contributed by atoms with van der Waals surface area (Å²) in [5.41, 5.74) is 0.0432. The van der Waals surface area contributed by atoms with E-state index in [2.05, 4.69) is 0 Å². The van der Waals surface area contributed by atoms with Crippen LogP contribution in [0.25, 0.3) is 0 Å². The molecule has 2 aromatic rings. The van der Waals surface area contributed by atoms with Crippen molar-refractivity contribution in [1.82, 2.24) is 4.90 Å². The number of carbonyl (C=O) groups is 1. The van der Waals surface area contributed by atoms with Gasteiger partial charge in [-0.15, -0.1) is 0 Å². The highest BCUT2D eigenvalue weighted by molar-refractivity contribution is 6.34. The highest BCUT2D eigenvalue weighted by atomic mass is 35.5. The highest BCUT2D eigenvalue weighted by Gasteiger charge is 2.34. The fourth-order valence-corrected chi connectivity index (χ4v) is 2.54. The van der Waals surface area contributed by atoms with Crippen LogP contribution in [0.3, 0.4) is 0 Å². The minimum atomic E-state index is -4.66. The van der Waals surface area contributed by atoms with Gasteiger partial charge in [-0.3, -0.25) is 14.9 Å². The van der Waals surface area contributed by atoms with Gasteiger partial charge in [0.05, 0.1) is 27.1 Å². The van der Waals surface area contributed by atoms with Crippen molar-refractivity contribution in [2.45, 2.75) is 12.7 Å². The first kappa shape index (κ1) is 20.2. The van der Waals surface area contributed by atoms with E-state index in [1.807, 2.05) is 6.07 Å². The number of halogens is 4. The Kier molecular flexibility index (Phi) is 6.02. The third kappa shape index (κ3) is 5.43. The van der Waals surface area contributed by atoms with Crippen LogP contribution in [0.15, 0.2) is 42.5 Å². The molecule has 0 aliphatic heterocycles. The van der Waals surface area contributed by atoms with Crippen molar-refractivity contribution in [1.29, 1.82) is 5.26 Å². The van der Waals surface area contributed by atoms with E-state index in [4.69, 9.17) is 16.9 Å². The summed E-state index contributed by atoms with van der Waals surface area (Å²) in [6, 6.07) is 10.5. The largest absolute Gasteiger partial charge is 0.406 e. The summed E-state index contributed by atoms with van der Waals surface area (Å²) in [5.74, 6) is -1.02. The van der Waals surface area contributed by atoms with Gasteiger partial charge in [0.1, 0.15) is 6.54 Å². The molecule has 2 aromatic carbocycles.